The van der Waals surface area contributed by atoms with E-state index >= 15 is 0 Å². The third kappa shape index (κ3) is 44.7. The van der Waals surface area contributed by atoms with Gasteiger partial charge in [0, 0.05) is 186 Å². The van der Waals surface area contributed by atoms with Crippen molar-refractivity contribution in [2.45, 2.75) is 292 Å². The third-order valence-corrected chi connectivity index (χ3v) is 20.8. The van der Waals surface area contributed by atoms with E-state index in [1.807, 2.05) is 0 Å². The van der Waals surface area contributed by atoms with Gasteiger partial charge in [-0.25, -0.2) is 0 Å². The number of likely N-dealkylation sites (tertiary alicyclic amines) is 4. The highest BCUT2D eigenvalue weighted by Gasteiger charge is 2.50. The molecule has 8 saturated heterocycles. The molecule has 121 heavy (non-hydrogen) atoms. The molecule has 8 aliphatic rings. The van der Waals surface area contributed by atoms with Crippen molar-refractivity contribution < 1.29 is 113 Å². The highest BCUT2D eigenvalue weighted by Crippen LogP contribution is 2.34. The second-order valence-electron chi connectivity index (χ2n) is 36.1. The van der Waals surface area contributed by atoms with Crippen molar-refractivity contribution in [1.82, 2.24) is 50.2 Å². The Morgan fingerprint density at radius 1 is 0.314 bits per heavy atom. The second kappa shape index (κ2) is 54.1. The van der Waals surface area contributed by atoms with Crippen LogP contribution in [-0.2, 0) is 43.1 Å². The number of nitrogens with one attached hydrogen (secondary N) is 3. The lowest BCUT2D eigenvalue weighted by molar-refractivity contribution is -0.163. The zero-order valence-corrected chi connectivity index (χ0v) is 75.4. The molecule has 0 aromatic heterocycles. The van der Waals surface area contributed by atoms with E-state index in [4.69, 9.17) is 16.2 Å². The number of hydrogen-bond acceptors (Lipinski definition) is 14. The van der Waals surface area contributed by atoms with E-state index in [0.29, 0.717) is 118 Å². The van der Waals surface area contributed by atoms with E-state index in [2.05, 4.69) is 16.0 Å². The molecule has 0 aromatic rings. The molecule has 8 heterocycles. The van der Waals surface area contributed by atoms with E-state index in [0.717, 1.165) is 69.5 Å². The molecular weight excluding hydrogens is 1650 g/mol. The predicted molar refractivity (Wildman–Crippen MR) is 439 cm³/mol. The Morgan fingerprint density at radius 3 is 0.851 bits per heavy atom. The summed E-state index contributed by atoms with van der Waals surface area (Å²) in [5, 5.41) is 8.58. The van der Waals surface area contributed by atoms with Gasteiger partial charge < -0.3 is 66.5 Å². The molecule has 0 aliphatic carbocycles. The van der Waals surface area contributed by atoms with Gasteiger partial charge in [-0.15, -0.1) is 0 Å². The Bertz CT molecular complexity index is 2760. The molecule has 8 amide bonds. The average molecular weight is 1790 g/mol. The van der Waals surface area contributed by atoms with Crippen molar-refractivity contribution in [3.05, 3.63) is 0 Å². The number of piperidine rings is 3. The van der Waals surface area contributed by atoms with Crippen LogP contribution >= 0.6 is 11.8 Å². The summed E-state index contributed by atoms with van der Waals surface area (Å²) in [6.45, 7) is 36.0. The standard InChI is InChI=1S/2C11H20F2N2O.C11H19F2NO.2C10H18F2N2O.C10H17F2NO2.C10H17F2NOS.C10H17F2NO/c1-8(2)7-11(12,13)10(16)15-5-3-9(14)4-6-15;1-8(2)7-11(12,13)10(16)15-9-3-5-14-6-4-9;1-9(2)8-11(12,13)10(15)14-6-4-3-5-7-14;1-8(2)7-10(11,12)9(15)14-5-3-13-4-6-14;1-7(2)5-10(11,12)9(15)14-4-3-8(13)6-14;2*1-8(2)7-10(11,12)9(14)13-3-5-15-6-4-13;1-8(2)7-10(11,12)9(14)13-5-3-4-6-13/h8-9H,3-7,14H2,1-2H3;8-9,14H,3-7H2,1-2H3,(H,15,16);9H,3-8H2,1-2H3;8,13H,3-7H2,1-2H3;7-8H,3-6,13H2,1-2H3;2*8H,3-7H2,1-2H3;8H,3-7H2,1-2H3. The van der Waals surface area contributed by atoms with E-state index in [1.54, 1.807) is 123 Å². The van der Waals surface area contributed by atoms with Crippen LogP contribution in [0.25, 0.3) is 0 Å². The lowest BCUT2D eigenvalue weighted by Gasteiger charge is -2.33. The largest absolute Gasteiger partial charge is 0.378 e. The fourth-order valence-electron chi connectivity index (χ4n) is 14.2. The highest BCUT2D eigenvalue weighted by atomic mass is 32.2. The number of amides is 8. The first-order valence-corrected chi connectivity index (χ1v) is 44.4. The van der Waals surface area contributed by atoms with Crippen molar-refractivity contribution >= 4 is 59.0 Å². The SMILES string of the molecule is CC(C)CC(F)(F)C(=O)N1CCC(N)C1.CC(C)CC(F)(F)C(=O)N1CCC(N)CC1.CC(C)CC(F)(F)C(=O)N1CCCC1.CC(C)CC(F)(F)C(=O)N1CCCCC1.CC(C)CC(F)(F)C(=O)N1CCNCC1.CC(C)CC(F)(F)C(=O)N1CCOCC1.CC(C)CC(F)(F)C(=O)N1CCSCC1.CC(C)CC(F)(F)C(=O)NC1CCNCC1. The maximum absolute atomic E-state index is 13.5. The Balaban J connectivity index is 0.000000692. The molecular formula is C83H146F16N12O9S. The van der Waals surface area contributed by atoms with E-state index in [-0.39, 0.29) is 130 Å². The molecule has 710 valence electrons. The van der Waals surface area contributed by atoms with Gasteiger partial charge in [-0.05, 0) is 125 Å². The van der Waals surface area contributed by atoms with Crippen LogP contribution in [-0.4, -0.2) is 290 Å². The molecule has 0 bridgehead atoms. The van der Waals surface area contributed by atoms with Crippen LogP contribution < -0.4 is 27.4 Å². The first kappa shape index (κ1) is 114. The van der Waals surface area contributed by atoms with Gasteiger partial charge in [-0.1, -0.05) is 111 Å². The summed E-state index contributed by atoms with van der Waals surface area (Å²) >= 11 is 1.70. The number of halogens is 16. The number of rotatable bonds is 25. The number of nitrogens with zero attached hydrogens (tertiary/aromatic N) is 7. The summed E-state index contributed by atoms with van der Waals surface area (Å²) in [6.07, 6.45) is 4.79. The summed E-state index contributed by atoms with van der Waals surface area (Å²) in [6, 6.07) is -0.210. The van der Waals surface area contributed by atoms with Crippen LogP contribution in [0.15, 0.2) is 0 Å². The zero-order valence-electron chi connectivity index (χ0n) is 74.6. The third-order valence-electron chi connectivity index (χ3n) is 19.9. The van der Waals surface area contributed by atoms with Crippen LogP contribution in [0, 0.1) is 47.3 Å². The Hall–Kier alpha value is -5.21. The van der Waals surface area contributed by atoms with Gasteiger partial charge >= 0.3 is 47.4 Å². The minimum absolute atomic E-state index is 0.0442. The molecule has 21 nitrogen and oxygen atoms in total. The predicted octanol–water partition coefficient (Wildman–Crippen LogP) is 14.2. The van der Waals surface area contributed by atoms with Crippen molar-refractivity contribution in [3.63, 3.8) is 0 Å². The van der Waals surface area contributed by atoms with Crippen molar-refractivity contribution in [2.75, 3.05) is 143 Å². The topological polar surface area (TPSA) is 257 Å². The van der Waals surface area contributed by atoms with Crippen LogP contribution in [0.2, 0.25) is 0 Å². The van der Waals surface area contributed by atoms with Gasteiger partial charge in [-0.3, -0.25) is 38.4 Å². The molecule has 8 rings (SSSR count). The number of alkyl halides is 16. The molecule has 38 heteroatoms. The highest BCUT2D eigenvalue weighted by molar-refractivity contribution is 7.99. The Labute approximate surface area is 712 Å². The number of hydrogen-bond donors (Lipinski definition) is 5. The summed E-state index contributed by atoms with van der Waals surface area (Å²) in [7, 11) is 0. The monoisotopic (exact) mass is 1790 g/mol. The zero-order chi connectivity index (χ0) is 92.8. The molecule has 8 aliphatic heterocycles. The molecule has 8 fully saturated rings. The van der Waals surface area contributed by atoms with Crippen molar-refractivity contribution in [1.29, 1.82) is 0 Å². The normalized spacial score (nSPS) is 19.0. The van der Waals surface area contributed by atoms with Gasteiger partial charge in [0.05, 0.1) is 13.2 Å². The minimum Gasteiger partial charge on any atom is -0.378 e. The van der Waals surface area contributed by atoms with E-state index in [1.165, 1.54) is 34.3 Å². The summed E-state index contributed by atoms with van der Waals surface area (Å²) < 4.78 is 220. The fraction of sp³-hybridized carbons (Fsp3) is 0.904. The molecule has 0 saturated carbocycles. The van der Waals surface area contributed by atoms with Gasteiger partial charge in [0.15, 0.2) is 0 Å². The van der Waals surface area contributed by atoms with Gasteiger partial charge in [0.25, 0.3) is 47.3 Å². The number of carbonyl (C=O) groups is 8. The summed E-state index contributed by atoms with van der Waals surface area (Å²) in [4.78, 5) is 101. The average Bonchev–Trinajstić information content (AvgIpc) is 1.77. The molecule has 1 unspecified atom stereocenters. The van der Waals surface area contributed by atoms with Crippen molar-refractivity contribution in [2.24, 2.45) is 58.8 Å². The number of ether oxygens (including phenoxy) is 1. The van der Waals surface area contributed by atoms with Crippen LogP contribution in [0.1, 0.15) is 226 Å². The molecule has 1 atom stereocenters. The number of carbonyl (C=O) groups excluding carboxylic acids is 8. The van der Waals surface area contributed by atoms with Crippen LogP contribution in [0.5, 0.6) is 0 Å². The van der Waals surface area contributed by atoms with Crippen LogP contribution in [0.3, 0.4) is 0 Å². The van der Waals surface area contributed by atoms with E-state index < -0.39 is 101 Å². The lowest BCUT2D eigenvalue weighted by atomic mass is 10.0. The second-order valence-corrected chi connectivity index (χ2v) is 37.3. The Kier molecular flexibility index (Phi) is 50.9. The number of nitrogens with two attached hydrogens (primary N) is 2. The smallest absolute Gasteiger partial charge is 0.325 e. The number of piperazine rings is 1. The minimum atomic E-state index is -3.24. The van der Waals surface area contributed by atoms with Gasteiger partial charge in [0.2, 0.25) is 0 Å². The maximum atomic E-state index is 13.5. The molecule has 0 aromatic carbocycles. The number of morpholine rings is 1. The number of thioether (sulfide) groups is 1. The van der Waals surface area contributed by atoms with Crippen LogP contribution in [0.4, 0.5) is 70.2 Å². The molecule has 0 radical (unpaired) electrons. The van der Waals surface area contributed by atoms with E-state index in [9.17, 15) is 109 Å². The summed E-state index contributed by atoms with van der Waals surface area (Å²) in [5.41, 5.74) is 11.2. The van der Waals surface area contributed by atoms with Gasteiger partial charge in [0.1, 0.15) is 0 Å². The summed E-state index contributed by atoms with van der Waals surface area (Å²) in [5.74, 6) is -33.8. The van der Waals surface area contributed by atoms with Gasteiger partial charge in [-0.2, -0.15) is 82.0 Å². The molecule has 0 spiro atoms. The first-order chi connectivity index (χ1) is 55.7. The Morgan fingerprint density at radius 2 is 0.554 bits per heavy atom. The molecule has 7 N–H and O–H groups in total. The lowest BCUT2D eigenvalue weighted by Crippen LogP contribution is -2.52. The first-order valence-electron chi connectivity index (χ1n) is 43.2. The fourth-order valence-corrected chi connectivity index (χ4v) is 15.1. The quantitative estimate of drug-likeness (QED) is 0.0533. The maximum Gasteiger partial charge on any atom is 0.325 e. The van der Waals surface area contributed by atoms with Crippen molar-refractivity contribution in [3.8, 4) is 0 Å².